The van der Waals surface area contributed by atoms with E-state index in [4.69, 9.17) is 16.3 Å². The minimum atomic E-state index is 0.720. The lowest BCUT2D eigenvalue weighted by molar-refractivity contribution is 0.306. The molecule has 0 fully saturated rings. The predicted molar refractivity (Wildman–Crippen MR) is 64.7 cm³/mol. The van der Waals surface area contributed by atoms with E-state index in [0.717, 1.165) is 36.0 Å². The summed E-state index contributed by atoms with van der Waals surface area (Å²) in [5, 5.41) is 0.720. The zero-order valence-electron chi connectivity index (χ0n) is 8.08. The van der Waals surface area contributed by atoms with Gasteiger partial charge in [-0.1, -0.05) is 17.7 Å². The van der Waals surface area contributed by atoms with E-state index in [1.54, 1.807) is 0 Å². The summed E-state index contributed by atoms with van der Waals surface area (Å²) in [4.78, 5) is 0. The summed E-state index contributed by atoms with van der Waals surface area (Å²) < 4.78 is 5.52. The molecule has 0 heterocycles. The molecule has 0 aliphatic heterocycles. The summed E-state index contributed by atoms with van der Waals surface area (Å²) in [6.45, 7) is 0.758. The van der Waals surface area contributed by atoms with Gasteiger partial charge in [0.25, 0.3) is 0 Å². The van der Waals surface area contributed by atoms with E-state index in [1.165, 1.54) is 6.42 Å². The van der Waals surface area contributed by atoms with Crippen LogP contribution < -0.4 is 4.74 Å². The number of ether oxygens (including phenoxy) is 1. The average Bonchev–Trinajstić information content (AvgIpc) is 2.18. The molecule has 3 heteroatoms. The quantitative estimate of drug-likeness (QED) is 0.578. The van der Waals surface area contributed by atoms with Gasteiger partial charge in [0.05, 0.1) is 6.61 Å². The maximum Gasteiger partial charge on any atom is 0.120 e. The number of halogens is 1. The molecule has 0 aromatic heterocycles. The van der Waals surface area contributed by atoms with Crippen LogP contribution in [-0.4, -0.2) is 12.4 Å². The third-order valence-electron chi connectivity index (χ3n) is 1.87. The Hall–Kier alpha value is -0.340. The maximum atomic E-state index is 5.82. The molecule has 0 radical (unpaired) electrons. The van der Waals surface area contributed by atoms with Crippen molar-refractivity contribution in [1.82, 2.24) is 0 Å². The Morgan fingerprint density at radius 1 is 1.21 bits per heavy atom. The van der Waals surface area contributed by atoms with Gasteiger partial charge >= 0.3 is 0 Å². The number of unbranched alkanes of at least 4 members (excludes halogenated alkanes) is 2. The molecule has 1 nitrogen and oxygen atoms in total. The molecule has 0 amide bonds. The minimum absolute atomic E-state index is 0.720. The summed E-state index contributed by atoms with van der Waals surface area (Å²) >= 11 is 9.97. The fourth-order valence-corrected chi connectivity index (χ4v) is 1.54. The van der Waals surface area contributed by atoms with E-state index in [-0.39, 0.29) is 0 Å². The fourth-order valence-electron chi connectivity index (χ4n) is 1.14. The number of thiol groups is 1. The van der Waals surface area contributed by atoms with Crippen molar-refractivity contribution < 1.29 is 4.74 Å². The van der Waals surface area contributed by atoms with Gasteiger partial charge in [-0.15, -0.1) is 0 Å². The van der Waals surface area contributed by atoms with Crippen molar-refractivity contribution in [1.29, 1.82) is 0 Å². The van der Waals surface area contributed by atoms with Crippen LogP contribution >= 0.6 is 24.2 Å². The van der Waals surface area contributed by atoms with Gasteiger partial charge in [-0.3, -0.25) is 0 Å². The number of benzene rings is 1. The second-order valence-electron chi connectivity index (χ2n) is 3.09. The molecule has 0 unspecified atom stereocenters. The minimum Gasteiger partial charge on any atom is -0.494 e. The van der Waals surface area contributed by atoms with Crippen LogP contribution in [0.15, 0.2) is 24.3 Å². The molecule has 0 spiro atoms. The molecule has 1 rings (SSSR count). The van der Waals surface area contributed by atoms with Gasteiger partial charge < -0.3 is 4.74 Å². The first-order valence-electron chi connectivity index (χ1n) is 4.82. The van der Waals surface area contributed by atoms with Crippen molar-refractivity contribution in [3.8, 4) is 5.75 Å². The molecule has 0 bridgehead atoms. The van der Waals surface area contributed by atoms with E-state index in [0.29, 0.717) is 0 Å². The van der Waals surface area contributed by atoms with Crippen LogP contribution in [0, 0.1) is 0 Å². The molecule has 0 aliphatic rings. The van der Waals surface area contributed by atoms with E-state index in [2.05, 4.69) is 12.6 Å². The standard InChI is InChI=1S/C11H15ClOS/c12-10-5-4-6-11(9-10)13-7-2-1-3-8-14/h4-6,9,14H,1-3,7-8H2. The normalized spacial score (nSPS) is 10.1. The second-order valence-corrected chi connectivity index (χ2v) is 3.97. The lowest BCUT2D eigenvalue weighted by Crippen LogP contribution is -1.97. The van der Waals surface area contributed by atoms with E-state index in [9.17, 15) is 0 Å². The summed E-state index contributed by atoms with van der Waals surface area (Å²) in [6, 6.07) is 7.49. The Bertz CT molecular complexity index is 265. The lowest BCUT2D eigenvalue weighted by Gasteiger charge is -2.05. The van der Waals surface area contributed by atoms with Gasteiger partial charge in [-0.05, 0) is 43.2 Å². The molecule has 78 valence electrons. The predicted octanol–water partition coefficient (Wildman–Crippen LogP) is 3.82. The zero-order chi connectivity index (χ0) is 10.2. The topological polar surface area (TPSA) is 9.23 Å². The first-order valence-corrected chi connectivity index (χ1v) is 5.83. The van der Waals surface area contributed by atoms with Crippen LogP contribution in [0.1, 0.15) is 19.3 Å². The average molecular weight is 231 g/mol. The Balaban J connectivity index is 2.18. The highest BCUT2D eigenvalue weighted by molar-refractivity contribution is 7.80. The summed E-state index contributed by atoms with van der Waals surface area (Å²) in [5.41, 5.74) is 0. The van der Waals surface area contributed by atoms with Crippen molar-refractivity contribution in [3.63, 3.8) is 0 Å². The van der Waals surface area contributed by atoms with Crippen LogP contribution in [0.5, 0.6) is 5.75 Å². The first-order chi connectivity index (χ1) is 6.83. The van der Waals surface area contributed by atoms with Crippen molar-refractivity contribution in [2.45, 2.75) is 19.3 Å². The first kappa shape index (κ1) is 11.7. The molecule has 0 atom stereocenters. The third kappa shape index (κ3) is 4.77. The molecule has 1 aromatic carbocycles. The van der Waals surface area contributed by atoms with Gasteiger partial charge in [0.15, 0.2) is 0 Å². The van der Waals surface area contributed by atoms with Gasteiger partial charge in [0.1, 0.15) is 5.75 Å². The van der Waals surface area contributed by atoms with Crippen LogP contribution in [-0.2, 0) is 0 Å². The summed E-state index contributed by atoms with van der Waals surface area (Å²) in [7, 11) is 0. The van der Waals surface area contributed by atoms with Crippen molar-refractivity contribution >= 4 is 24.2 Å². The number of hydrogen-bond acceptors (Lipinski definition) is 2. The highest BCUT2D eigenvalue weighted by Crippen LogP contribution is 2.17. The Kier molecular flexibility index (Phi) is 5.88. The summed E-state index contributed by atoms with van der Waals surface area (Å²) in [6.07, 6.45) is 3.40. The van der Waals surface area contributed by atoms with Gasteiger partial charge in [-0.2, -0.15) is 12.6 Å². The van der Waals surface area contributed by atoms with Gasteiger partial charge in [0.2, 0.25) is 0 Å². The number of rotatable bonds is 6. The highest BCUT2D eigenvalue weighted by atomic mass is 35.5. The number of hydrogen-bond donors (Lipinski definition) is 1. The smallest absolute Gasteiger partial charge is 0.120 e. The zero-order valence-corrected chi connectivity index (χ0v) is 9.73. The van der Waals surface area contributed by atoms with Crippen molar-refractivity contribution in [2.24, 2.45) is 0 Å². The Morgan fingerprint density at radius 3 is 2.79 bits per heavy atom. The molecule has 0 N–H and O–H groups in total. The second kappa shape index (κ2) is 7.02. The van der Waals surface area contributed by atoms with E-state index < -0.39 is 0 Å². The molecule has 14 heavy (non-hydrogen) atoms. The monoisotopic (exact) mass is 230 g/mol. The van der Waals surface area contributed by atoms with Crippen LogP contribution in [0.3, 0.4) is 0 Å². The SMILES string of the molecule is SCCCCCOc1cccc(Cl)c1. The van der Waals surface area contributed by atoms with Crippen molar-refractivity contribution in [2.75, 3.05) is 12.4 Å². The van der Waals surface area contributed by atoms with E-state index in [1.807, 2.05) is 24.3 Å². The molecule has 0 saturated heterocycles. The molecule has 0 aliphatic carbocycles. The van der Waals surface area contributed by atoms with Crippen LogP contribution in [0.2, 0.25) is 5.02 Å². The molecular formula is C11H15ClOS. The Morgan fingerprint density at radius 2 is 2.07 bits per heavy atom. The van der Waals surface area contributed by atoms with Crippen LogP contribution in [0.25, 0.3) is 0 Å². The van der Waals surface area contributed by atoms with E-state index >= 15 is 0 Å². The van der Waals surface area contributed by atoms with Gasteiger partial charge in [-0.25, -0.2) is 0 Å². The fraction of sp³-hybridized carbons (Fsp3) is 0.455. The molecule has 1 aromatic rings. The van der Waals surface area contributed by atoms with Crippen molar-refractivity contribution in [3.05, 3.63) is 29.3 Å². The van der Waals surface area contributed by atoms with Crippen LogP contribution in [0.4, 0.5) is 0 Å². The molecule has 0 saturated carbocycles. The summed E-state index contributed by atoms with van der Waals surface area (Å²) in [5.74, 6) is 1.81. The highest BCUT2D eigenvalue weighted by Gasteiger charge is 1.94. The third-order valence-corrected chi connectivity index (χ3v) is 2.42. The van der Waals surface area contributed by atoms with Gasteiger partial charge in [0, 0.05) is 5.02 Å². The Labute approximate surface area is 95.8 Å². The maximum absolute atomic E-state index is 5.82. The molecular weight excluding hydrogens is 216 g/mol. The lowest BCUT2D eigenvalue weighted by atomic mass is 10.3. The largest absolute Gasteiger partial charge is 0.494 e.